The van der Waals surface area contributed by atoms with Crippen molar-refractivity contribution in [2.75, 3.05) is 0 Å². The van der Waals surface area contributed by atoms with E-state index in [1.54, 1.807) is 24.8 Å². The molecule has 166 valence electrons. The van der Waals surface area contributed by atoms with Crippen LogP contribution in [-0.4, -0.2) is 19.9 Å². The van der Waals surface area contributed by atoms with E-state index in [4.69, 9.17) is 0 Å². The topological polar surface area (TPSA) is 51.6 Å². The van der Waals surface area contributed by atoms with E-state index >= 15 is 0 Å². The standard InChI is InChI=1S/4C6H7N.2BrH.Fe/c4*1-6-3-2-4-7-5-6;;;/h4*2-5H,1H3;2*1H;/q;;;;;;+2/p-2. The van der Waals surface area contributed by atoms with Crippen LogP contribution in [0, 0.1) is 27.7 Å². The number of rotatable bonds is 0. The molecule has 0 unspecified atom stereocenters. The van der Waals surface area contributed by atoms with Crippen molar-refractivity contribution in [2.24, 2.45) is 0 Å². The van der Waals surface area contributed by atoms with E-state index in [-0.39, 0.29) is 51.0 Å². The Hall–Kier alpha value is -1.92. The molecule has 0 radical (unpaired) electrons. The van der Waals surface area contributed by atoms with Crippen molar-refractivity contribution < 1.29 is 51.0 Å². The van der Waals surface area contributed by atoms with Crippen LogP contribution in [0.15, 0.2) is 98.1 Å². The van der Waals surface area contributed by atoms with Gasteiger partial charge in [0.15, 0.2) is 0 Å². The third kappa shape index (κ3) is 21.1. The minimum absolute atomic E-state index is 0. The van der Waals surface area contributed by atoms with Crippen molar-refractivity contribution in [3.63, 3.8) is 0 Å². The summed E-state index contributed by atoms with van der Waals surface area (Å²) in [6, 6.07) is 15.8. The van der Waals surface area contributed by atoms with E-state index < -0.39 is 0 Å². The zero-order chi connectivity index (χ0) is 20.5. The largest absolute Gasteiger partial charge is 2.00 e. The summed E-state index contributed by atoms with van der Waals surface area (Å²) in [7, 11) is 0. The molecule has 31 heavy (non-hydrogen) atoms. The SMILES string of the molecule is Cc1cccnc1.Cc1cccnc1.Cc1cccnc1.Cc1cccnc1.[Br-].[Br-].[Fe+2]. The van der Waals surface area contributed by atoms with Gasteiger partial charge in [-0.1, -0.05) is 24.3 Å². The summed E-state index contributed by atoms with van der Waals surface area (Å²) in [6.45, 7) is 8.08. The van der Waals surface area contributed by atoms with Crippen LogP contribution < -0.4 is 34.0 Å². The number of pyridine rings is 4. The molecule has 0 aliphatic carbocycles. The van der Waals surface area contributed by atoms with Gasteiger partial charge in [-0.3, -0.25) is 19.9 Å². The van der Waals surface area contributed by atoms with Crippen LogP contribution >= 0.6 is 0 Å². The van der Waals surface area contributed by atoms with Crippen molar-refractivity contribution in [3.8, 4) is 0 Å². The van der Waals surface area contributed by atoms with E-state index in [1.807, 2.05) is 101 Å². The molecule has 0 fully saturated rings. The number of halogens is 2. The van der Waals surface area contributed by atoms with Crippen LogP contribution in [0.5, 0.6) is 0 Å². The van der Waals surface area contributed by atoms with Crippen LogP contribution in [0.1, 0.15) is 22.3 Å². The third-order valence-electron chi connectivity index (χ3n) is 3.24. The summed E-state index contributed by atoms with van der Waals surface area (Å²) < 4.78 is 0. The minimum atomic E-state index is 0. The van der Waals surface area contributed by atoms with Gasteiger partial charge in [-0.05, 0) is 74.2 Å². The molecule has 4 nitrogen and oxygen atoms in total. The first-order chi connectivity index (χ1) is 13.6. The molecule has 4 heterocycles. The molecule has 4 rings (SSSR count). The third-order valence-corrected chi connectivity index (χ3v) is 3.24. The van der Waals surface area contributed by atoms with Crippen molar-refractivity contribution in [2.45, 2.75) is 27.7 Å². The normalized spacial score (nSPS) is 7.87. The first kappa shape index (κ1) is 33.7. The summed E-state index contributed by atoms with van der Waals surface area (Å²) in [5, 5.41) is 0. The average Bonchev–Trinajstić information content (AvgIpc) is 2.72. The Morgan fingerprint density at radius 1 is 0.419 bits per heavy atom. The summed E-state index contributed by atoms with van der Waals surface area (Å²) in [4.78, 5) is 15.5. The number of hydrogen-bond acceptors (Lipinski definition) is 4. The quantitative estimate of drug-likeness (QED) is 0.262. The molecule has 0 aliphatic heterocycles. The Labute approximate surface area is 218 Å². The molecule has 0 saturated carbocycles. The molecule has 0 atom stereocenters. The minimum Gasteiger partial charge on any atom is -1.00 e. The van der Waals surface area contributed by atoms with Gasteiger partial charge in [0.05, 0.1) is 0 Å². The zero-order valence-corrected chi connectivity index (χ0v) is 22.4. The van der Waals surface area contributed by atoms with Gasteiger partial charge in [0.25, 0.3) is 0 Å². The van der Waals surface area contributed by atoms with Gasteiger partial charge in [-0.25, -0.2) is 0 Å². The molecule has 4 aromatic rings. The molecule has 0 aliphatic rings. The second-order valence-corrected chi connectivity index (χ2v) is 6.12. The van der Waals surface area contributed by atoms with Gasteiger partial charge >= 0.3 is 17.1 Å². The Morgan fingerprint density at radius 3 is 0.677 bits per heavy atom. The predicted molar refractivity (Wildman–Crippen MR) is 116 cm³/mol. The number of hydrogen-bond donors (Lipinski definition) is 0. The summed E-state index contributed by atoms with van der Waals surface area (Å²) in [6.07, 6.45) is 14.4. The van der Waals surface area contributed by atoms with Crippen LogP contribution in [0.25, 0.3) is 0 Å². The van der Waals surface area contributed by atoms with Gasteiger partial charge in [-0.2, -0.15) is 0 Å². The van der Waals surface area contributed by atoms with Crippen LogP contribution in [0.3, 0.4) is 0 Å². The fourth-order valence-corrected chi connectivity index (χ4v) is 1.79. The van der Waals surface area contributed by atoms with Crippen molar-refractivity contribution in [1.29, 1.82) is 0 Å². The molecule has 0 aromatic carbocycles. The predicted octanol–water partition coefficient (Wildman–Crippen LogP) is -0.434. The van der Waals surface area contributed by atoms with Crippen LogP contribution in [-0.2, 0) is 17.1 Å². The Kier molecular flexibility index (Phi) is 24.7. The van der Waals surface area contributed by atoms with Gasteiger partial charge in [0.2, 0.25) is 0 Å². The monoisotopic (exact) mass is 586 g/mol. The maximum Gasteiger partial charge on any atom is 2.00 e. The fraction of sp³-hybridized carbons (Fsp3) is 0.167. The maximum absolute atomic E-state index is 3.88. The Bertz CT molecular complexity index is 703. The average molecular weight is 588 g/mol. The van der Waals surface area contributed by atoms with Gasteiger partial charge in [0.1, 0.15) is 0 Å². The fourth-order valence-electron chi connectivity index (χ4n) is 1.79. The van der Waals surface area contributed by atoms with E-state index in [2.05, 4.69) is 19.9 Å². The van der Waals surface area contributed by atoms with E-state index in [0.717, 1.165) is 0 Å². The molecule has 0 N–H and O–H groups in total. The molecule has 0 spiro atoms. The number of aryl methyl sites for hydroxylation is 4. The number of nitrogens with zero attached hydrogens (tertiary/aromatic N) is 4. The van der Waals surface area contributed by atoms with Gasteiger partial charge < -0.3 is 34.0 Å². The van der Waals surface area contributed by atoms with Crippen molar-refractivity contribution in [3.05, 3.63) is 120 Å². The van der Waals surface area contributed by atoms with E-state index in [0.29, 0.717) is 0 Å². The smallest absolute Gasteiger partial charge is 1.00 e. The second kappa shape index (κ2) is 22.8. The Morgan fingerprint density at radius 2 is 0.613 bits per heavy atom. The van der Waals surface area contributed by atoms with Crippen LogP contribution in [0.2, 0.25) is 0 Å². The van der Waals surface area contributed by atoms with E-state index in [9.17, 15) is 0 Å². The summed E-state index contributed by atoms with van der Waals surface area (Å²) in [5.74, 6) is 0. The van der Waals surface area contributed by atoms with Crippen molar-refractivity contribution in [1.82, 2.24) is 19.9 Å². The van der Waals surface area contributed by atoms with Crippen molar-refractivity contribution >= 4 is 0 Å². The molecule has 0 bridgehead atoms. The summed E-state index contributed by atoms with van der Waals surface area (Å²) in [5.41, 5.74) is 4.84. The number of aromatic nitrogens is 4. The first-order valence-electron chi connectivity index (χ1n) is 9.04. The van der Waals surface area contributed by atoms with E-state index in [1.165, 1.54) is 22.3 Å². The summed E-state index contributed by atoms with van der Waals surface area (Å²) >= 11 is 0. The molecule has 0 saturated heterocycles. The van der Waals surface area contributed by atoms with Gasteiger partial charge in [0, 0.05) is 49.6 Å². The van der Waals surface area contributed by atoms with Gasteiger partial charge in [-0.15, -0.1) is 0 Å². The molecular weight excluding hydrogens is 560 g/mol. The van der Waals surface area contributed by atoms with Crippen LogP contribution in [0.4, 0.5) is 0 Å². The zero-order valence-electron chi connectivity index (χ0n) is 18.1. The second-order valence-electron chi connectivity index (χ2n) is 6.12. The molecular formula is C24H28Br2FeN4. The molecule has 0 amide bonds. The molecule has 4 aromatic heterocycles. The molecule has 7 heteroatoms. The maximum atomic E-state index is 3.88. The Balaban J connectivity index is -0.000000327. The first-order valence-corrected chi connectivity index (χ1v) is 9.04.